The first-order chi connectivity index (χ1) is 7.65. The molecule has 1 heterocycles. The number of pyridine rings is 1. The van der Waals surface area contributed by atoms with Gasteiger partial charge in [-0.3, -0.25) is 0 Å². The third-order valence-electron chi connectivity index (χ3n) is 2.71. The number of rotatable bonds is 5. The molecule has 3 heteroatoms. The van der Waals surface area contributed by atoms with Crippen LogP contribution in [-0.2, 0) is 6.54 Å². The van der Waals surface area contributed by atoms with Crippen LogP contribution in [0.3, 0.4) is 0 Å². The van der Waals surface area contributed by atoms with Gasteiger partial charge >= 0.3 is 0 Å². The van der Waals surface area contributed by atoms with Gasteiger partial charge in [-0.05, 0) is 30.7 Å². The highest BCUT2D eigenvalue weighted by molar-refractivity contribution is 5.25. The van der Waals surface area contributed by atoms with Crippen molar-refractivity contribution in [1.29, 1.82) is 5.26 Å². The maximum atomic E-state index is 8.75. The van der Waals surface area contributed by atoms with E-state index in [9.17, 15) is 0 Å². The Morgan fingerprint density at radius 2 is 2.31 bits per heavy atom. The first-order valence-electron chi connectivity index (χ1n) is 5.69. The summed E-state index contributed by atoms with van der Waals surface area (Å²) in [5.41, 5.74) is 1.65. The molecule has 0 bridgehead atoms. The second kappa shape index (κ2) is 6.24. The van der Waals surface area contributed by atoms with E-state index in [-0.39, 0.29) is 0 Å². The van der Waals surface area contributed by atoms with Crippen molar-refractivity contribution >= 4 is 0 Å². The van der Waals surface area contributed by atoms with Gasteiger partial charge in [0.05, 0.1) is 0 Å². The molecule has 0 N–H and O–H groups in total. The molecule has 0 aromatic carbocycles. The number of nitrogens with zero attached hydrogens (tertiary/aromatic N) is 3. The maximum Gasteiger partial charge on any atom is 0.140 e. The van der Waals surface area contributed by atoms with Gasteiger partial charge in [-0.1, -0.05) is 20.3 Å². The van der Waals surface area contributed by atoms with Crippen LogP contribution in [0.2, 0.25) is 0 Å². The summed E-state index contributed by atoms with van der Waals surface area (Å²) < 4.78 is 0. The number of nitriles is 1. The Kier molecular flexibility index (Phi) is 4.94. The lowest BCUT2D eigenvalue weighted by atomic mass is 10.1. The molecule has 1 unspecified atom stereocenters. The zero-order valence-corrected chi connectivity index (χ0v) is 10.3. The van der Waals surface area contributed by atoms with E-state index >= 15 is 0 Å². The van der Waals surface area contributed by atoms with Crippen molar-refractivity contribution in [3.63, 3.8) is 0 Å². The lowest BCUT2D eigenvalue weighted by Crippen LogP contribution is -2.23. The van der Waals surface area contributed by atoms with Crippen LogP contribution >= 0.6 is 0 Å². The molecule has 0 aliphatic carbocycles. The zero-order chi connectivity index (χ0) is 12.0. The molecule has 0 saturated heterocycles. The van der Waals surface area contributed by atoms with Gasteiger partial charge in [0.15, 0.2) is 0 Å². The Balaban J connectivity index is 2.56. The van der Waals surface area contributed by atoms with Crippen molar-refractivity contribution in [3.8, 4) is 6.07 Å². The molecule has 0 radical (unpaired) electrons. The van der Waals surface area contributed by atoms with Crippen LogP contribution < -0.4 is 0 Å². The summed E-state index contributed by atoms with van der Waals surface area (Å²) in [6, 6.07) is 5.88. The first-order valence-corrected chi connectivity index (χ1v) is 5.69. The lowest BCUT2D eigenvalue weighted by molar-refractivity contribution is 0.275. The summed E-state index contributed by atoms with van der Waals surface area (Å²) in [4.78, 5) is 6.25. The topological polar surface area (TPSA) is 39.9 Å². The molecule has 1 atom stereocenters. The molecule has 0 fully saturated rings. The predicted octanol–water partition coefficient (Wildman–Crippen LogP) is 2.43. The van der Waals surface area contributed by atoms with Crippen LogP contribution in [0.25, 0.3) is 0 Å². The molecule has 3 nitrogen and oxygen atoms in total. The Bertz CT molecular complexity index is 368. The van der Waals surface area contributed by atoms with Crippen molar-refractivity contribution in [2.24, 2.45) is 5.92 Å². The Morgan fingerprint density at radius 3 is 2.94 bits per heavy atom. The van der Waals surface area contributed by atoms with E-state index in [2.05, 4.69) is 36.8 Å². The van der Waals surface area contributed by atoms with Crippen LogP contribution in [0.15, 0.2) is 18.3 Å². The monoisotopic (exact) mass is 217 g/mol. The Labute approximate surface area is 97.7 Å². The van der Waals surface area contributed by atoms with E-state index < -0.39 is 0 Å². The summed E-state index contributed by atoms with van der Waals surface area (Å²) in [7, 11) is 2.11. The quantitative estimate of drug-likeness (QED) is 0.760. The van der Waals surface area contributed by atoms with Crippen LogP contribution in [0.4, 0.5) is 0 Å². The minimum absolute atomic E-state index is 0.495. The predicted molar refractivity (Wildman–Crippen MR) is 64.7 cm³/mol. The molecule has 16 heavy (non-hydrogen) atoms. The van der Waals surface area contributed by atoms with E-state index in [1.807, 2.05) is 12.1 Å². The third kappa shape index (κ3) is 4.00. The second-order valence-electron chi connectivity index (χ2n) is 4.37. The Morgan fingerprint density at radius 1 is 1.56 bits per heavy atom. The normalized spacial score (nSPS) is 12.4. The standard InChI is InChI=1S/C13H19N3/c1-4-11(2)9-16(3)10-12-5-6-15-13(7-12)8-14/h5-7,11H,4,9-10H2,1-3H3. The molecule has 1 aromatic rings. The third-order valence-corrected chi connectivity index (χ3v) is 2.71. The summed E-state index contributed by atoms with van der Waals surface area (Å²) >= 11 is 0. The maximum absolute atomic E-state index is 8.75. The SMILES string of the molecule is CCC(C)CN(C)Cc1ccnc(C#N)c1. The number of hydrogen-bond donors (Lipinski definition) is 0. The molecular weight excluding hydrogens is 198 g/mol. The van der Waals surface area contributed by atoms with Crippen molar-refractivity contribution in [2.75, 3.05) is 13.6 Å². The molecule has 86 valence electrons. The van der Waals surface area contributed by atoms with Gasteiger partial charge in [0.1, 0.15) is 11.8 Å². The van der Waals surface area contributed by atoms with Crippen LogP contribution in [0, 0.1) is 17.2 Å². The summed E-state index contributed by atoms with van der Waals surface area (Å²) in [6.07, 6.45) is 2.90. The molecule has 0 saturated carbocycles. The van der Waals surface area contributed by atoms with Crippen molar-refractivity contribution < 1.29 is 0 Å². The van der Waals surface area contributed by atoms with E-state index in [1.54, 1.807) is 6.20 Å². The van der Waals surface area contributed by atoms with Gasteiger partial charge in [-0.15, -0.1) is 0 Å². The van der Waals surface area contributed by atoms with Gasteiger partial charge in [0.2, 0.25) is 0 Å². The number of hydrogen-bond acceptors (Lipinski definition) is 3. The molecule has 0 amide bonds. The van der Waals surface area contributed by atoms with Gasteiger partial charge in [-0.25, -0.2) is 4.98 Å². The zero-order valence-electron chi connectivity index (χ0n) is 10.3. The average Bonchev–Trinajstić information content (AvgIpc) is 2.28. The fourth-order valence-electron chi connectivity index (χ4n) is 1.67. The summed E-state index contributed by atoms with van der Waals surface area (Å²) in [6.45, 7) is 6.42. The van der Waals surface area contributed by atoms with Gasteiger partial charge in [0.25, 0.3) is 0 Å². The van der Waals surface area contributed by atoms with E-state index in [4.69, 9.17) is 5.26 Å². The molecule has 1 rings (SSSR count). The van der Waals surface area contributed by atoms with Crippen LogP contribution in [0.1, 0.15) is 31.5 Å². The van der Waals surface area contributed by atoms with Crippen molar-refractivity contribution in [2.45, 2.75) is 26.8 Å². The lowest BCUT2D eigenvalue weighted by Gasteiger charge is -2.20. The largest absolute Gasteiger partial charge is 0.302 e. The van der Waals surface area contributed by atoms with Crippen LogP contribution in [-0.4, -0.2) is 23.5 Å². The Hall–Kier alpha value is -1.40. The van der Waals surface area contributed by atoms with E-state index in [0.717, 1.165) is 18.7 Å². The summed E-state index contributed by atoms with van der Waals surface area (Å²) in [5.74, 6) is 0.710. The van der Waals surface area contributed by atoms with E-state index in [0.29, 0.717) is 11.6 Å². The second-order valence-corrected chi connectivity index (χ2v) is 4.37. The first kappa shape index (κ1) is 12.7. The van der Waals surface area contributed by atoms with Crippen molar-refractivity contribution in [1.82, 2.24) is 9.88 Å². The molecule has 1 aromatic heterocycles. The highest BCUT2D eigenvalue weighted by Gasteiger charge is 2.05. The molecule has 0 aliphatic heterocycles. The van der Waals surface area contributed by atoms with Gasteiger partial charge in [0, 0.05) is 19.3 Å². The molecular formula is C13H19N3. The fourth-order valence-corrected chi connectivity index (χ4v) is 1.67. The van der Waals surface area contributed by atoms with Gasteiger partial charge in [-0.2, -0.15) is 5.26 Å². The smallest absolute Gasteiger partial charge is 0.140 e. The minimum Gasteiger partial charge on any atom is -0.302 e. The average molecular weight is 217 g/mol. The summed E-state index contributed by atoms with van der Waals surface area (Å²) in [5, 5.41) is 8.75. The fraction of sp³-hybridized carbons (Fsp3) is 0.538. The minimum atomic E-state index is 0.495. The van der Waals surface area contributed by atoms with Crippen LogP contribution in [0.5, 0.6) is 0 Å². The highest BCUT2D eigenvalue weighted by Crippen LogP contribution is 2.08. The molecule has 0 aliphatic rings. The number of aromatic nitrogens is 1. The highest BCUT2D eigenvalue weighted by atomic mass is 15.1. The van der Waals surface area contributed by atoms with Gasteiger partial charge < -0.3 is 4.90 Å². The molecule has 0 spiro atoms. The van der Waals surface area contributed by atoms with E-state index in [1.165, 1.54) is 6.42 Å². The van der Waals surface area contributed by atoms with Crippen molar-refractivity contribution in [3.05, 3.63) is 29.6 Å².